The fourth-order valence-electron chi connectivity index (χ4n) is 1.59. The Balaban J connectivity index is 1.90. The zero-order valence-corrected chi connectivity index (χ0v) is 11.3. The minimum atomic E-state index is -0.371. The molecule has 2 aromatic rings. The molecule has 0 saturated heterocycles. The lowest BCUT2D eigenvalue weighted by atomic mass is 10.2. The van der Waals surface area contributed by atoms with Crippen LogP contribution < -0.4 is 15.4 Å². The quantitative estimate of drug-likeness (QED) is 0.872. The summed E-state index contributed by atoms with van der Waals surface area (Å²) in [4.78, 5) is 15.8. The number of anilines is 1. The second kappa shape index (κ2) is 6.55. The van der Waals surface area contributed by atoms with Gasteiger partial charge in [0.1, 0.15) is 5.76 Å². The highest BCUT2D eigenvalue weighted by Crippen LogP contribution is 2.14. The average molecular weight is 276 g/mol. The fraction of sp³-hybridized carbons (Fsp3) is 0.308. The SMILES string of the molecule is CCOc1ncccc1CNC(=O)Nc1cc(C)on1. The van der Waals surface area contributed by atoms with Crippen LogP contribution >= 0.6 is 0 Å². The van der Waals surface area contributed by atoms with Crippen LogP contribution in [0.5, 0.6) is 5.88 Å². The van der Waals surface area contributed by atoms with Crippen LogP contribution in [0.25, 0.3) is 0 Å². The number of urea groups is 1. The number of nitrogens with one attached hydrogen (secondary N) is 2. The first-order chi connectivity index (χ1) is 9.69. The third-order valence-corrected chi connectivity index (χ3v) is 2.44. The number of aromatic nitrogens is 2. The Morgan fingerprint density at radius 2 is 2.35 bits per heavy atom. The van der Waals surface area contributed by atoms with E-state index in [-0.39, 0.29) is 6.03 Å². The van der Waals surface area contributed by atoms with E-state index in [2.05, 4.69) is 20.8 Å². The smallest absolute Gasteiger partial charge is 0.320 e. The Hall–Kier alpha value is -2.57. The van der Waals surface area contributed by atoms with Gasteiger partial charge >= 0.3 is 6.03 Å². The zero-order valence-electron chi connectivity index (χ0n) is 11.3. The van der Waals surface area contributed by atoms with Crippen LogP contribution in [0, 0.1) is 6.92 Å². The van der Waals surface area contributed by atoms with Gasteiger partial charge in [0.2, 0.25) is 5.88 Å². The number of pyridine rings is 1. The molecule has 0 aromatic carbocycles. The van der Waals surface area contributed by atoms with Gasteiger partial charge in [-0.05, 0) is 19.9 Å². The first kappa shape index (κ1) is 13.9. The van der Waals surface area contributed by atoms with Crippen molar-refractivity contribution < 1.29 is 14.1 Å². The molecule has 0 saturated carbocycles. The molecule has 0 bridgehead atoms. The fourth-order valence-corrected chi connectivity index (χ4v) is 1.59. The molecule has 0 spiro atoms. The van der Waals surface area contributed by atoms with Gasteiger partial charge in [-0.2, -0.15) is 0 Å². The van der Waals surface area contributed by atoms with Gasteiger partial charge < -0.3 is 14.6 Å². The molecule has 0 aliphatic rings. The second-order valence-electron chi connectivity index (χ2n) is 4.03. The molecule has 106 valence electrons. The topological polar surface area (TPSA) is 89.3 Å². The van der Waals surface area contributed by atoms with Crippen molar-refractivity contribution in [3.63, 3.8) is 0 Å². The van der Waals surface area contributed by atoms with Gasteiger partial charge in [0.25, 0.3) is 0 Å². The summed E-state index contributed by atoms with van der Waals surface area (Å²) < 4.78 is 10.2. The lowest BCUT2D eigenvalue weighted by Gasteiger charge is -2.09. The van der Waals surface area contributed by atoms with Crippen LogP contribution in [-0.4, -0.2) is 22.8 Å². The van der Waals surface area contributed by atoms with E-state index in [4.69, 9.17) is 9.26 Å². The van der Waals surface area contributed by atoms with Crippen molar-refractivity contribution in [3.8, 4) is 5.88 Å². The van der Waals surface area contributed by atoms with Crippen LogP contribution in [0.3, 0.4) is 0 Å². The van der Waals surface area contributed by atoms with Gasteiger partial charge in [0, 0.05) is 24.4 Å². The molecule has 2 aromatic heterocycles. The van der Waals surface area contributed by atoms with Crippen LogP contribution in [0.4, 0.5) is 10.6 Å². The number of carbonyl (C=O) groups is 1. The van der Waals surface area contributed by atoms with E-state index in [1.807, 2.05) is 13.0 Å². The molecule has 2 rings (SSSR count). The first-order valence-electron chi connectivity index (χ1n) is 6.24. The average Bonchev–Trinajstić information content (AvgIpc) is 2.83. The molecule has 0 radical (unpaired) electrons. The Morgan fingerprint density at radius 1 is 1.50 bits per heavy atom. The molecule has 7 nitrogen and oxygen atoms in total. The molecule has 0 fully saturated rings. The van der Waals surface area contributed by atoms with E-state index in [1.165, 1.54) is 0 Å². The number of nitrogens with zero attached hydrogens (tertiary/aromatic N) is 2. The normalized spacial score (nSPS) is 10.1. The van der Waals surface area contributed by atoms with Gasteiger partial charge in [-0.25, -0.2) is 9.78 Å². The van der Waals surface area contributed by atoms with Crippen LogP contribution in [0.2, 0.25) is 0 Å². The molecule has 2 heterocycles. The predicted molar refractivity (Wildman–Crippen MR) is 72.5 cm³/mol. The van der Waals surface area contributed by atoms with E-state index >= 15 is 0 Å². The summed E-state index contributed by atoms with van der Waals surface area (Å²) in [5, 5.41) is 8.95. The lowest BCUT2D eigenvalue weighted by Crippen LogP contribution is -2.28. The molecular weight excluding hydrogens is 260 g/mol. The summed E-state index contributed by atoms with van der Waals surface area (Å²) in [6, 6.07) is 4.90. The van der Waals surface area contributed by atoms with Crippen LogP contribution in [-0.2, 0) is 6.54 Å². The highest BCUT2D eigenvalue weighted by atomic mass is 16.5. The predicted octanol–water partition coefficient (Wildman–Crippen LogP) is 2.10. The van der Waals surface area contributed by atoms with Gasteiger partial charge in [-0.3, -0.25) is 5.32 Å². The van der Waals surface area contributed by atoms with E-state index in [0.29, 0.717) is 30.6 Å². The van der Waals surface area contributed by atoms with Crippen LogP contribution in [0.15, 0.2) is 28.9 Å². The van der Waals surface area contributed by atoms with Gasteiger partial charge in [-0.1, -0.05) is 11.2 Å². The Kier molecular flexibility index (Phi) is 4.54. The van der Waals surface area contributed by atoms with Gasteiger partial charge in [0.15, 0.2) is 5.82 Å². The minimum absolute atomic E-state index is 0.311. The molecule has 2 N–H and O–H groups in total. The van der Waals surface area contributed by atoms with E-state index in [1.54, 1.807) is 25.3 Å². The largest absolute Gasteiger partial charge is 0.478 e. The summed E-state index contributed by atoms with van der Waals surface area (Å²) >= 11 is 0. The van der Waals surface area contributed by atoms with Crippen molar-refractivity contribution in [2.24, 2.45) is 0 Å². The van der Waals surface area contributed by atoms with Crippen molar-refractivity contribution in [2.75, 3.05) is 11.9 Å². The van der Waals surface area contributed by atoms with E-state index in [9.17, 15) is 4.79 Å². The summed E-state index contributed by atoms with van der Waals surface area (Å²) in [5.74, 6) is 1.52. The highest BCUT2D eigenvalue weighted by Gasteiger charge is 2.08. The standard InChI is InChI=1S/C13H16N4O3/c1-3-19-12-10(5-4-6-14-12)8-15-13(18)16-11-7-9(2)20-17-11/h4-7H,3,8H2,1-2H3,(H2,15,16,17,18). The van der Waals surface area contributed by atoms with Crippen molar-refractivity contribution in [1.82, 2.24) is 15.5 Å². The first-order valence-corrected chi connectivity index (χ1v) is 6.24. The number of amides is 2. The van der Waals surface area contributed by atoms with Gasteiger partial charge in [0.05, 0.1) is 6.61 Å². The molecule has 0 aliphatic heterocycles. The monoisotopic (exact) mass is 276 g/mol. The number of hydrogen-bond acceptors (Lipinski definition) is 5. The molecule has 20 heavy (non-hydrogen) atoms. The van der Waals surface area contributed by atoms with Crippen LogP contribution in [0.1, 0.15) is 18.2 Å². The van der Waals surface area contributed by atoms with E-state index in [0.717, 1.165) is 5.56 Å². The Labute approximate surface area is 116 Å². The number of rotatable bonds is 5. The maximum absolute atomic E-state index is 11.7. The lowest BCUT2D eigenvalue weighted by molar-refractivity contribution is 0.251. The summed E-state index contributed by atoms with van der Waals surface area (Å²) in [7, 11) is 0. The number of hydrogen-bond donors (Lipinski definition) is 2. The van der Waals surface area contributed by atoms with Crippen molar-refractivity contribution >= 4 is 11.8 Å². The number of ether oxygens (including phenoxy) is 1. The Morgan fingerprint density at radius 3 is 3.05 bits per heavy atom. The van der Waals surface area contributed by atoms with E-state index < -0.39 is 0 Å². The van der Waals surface area contributed by atoms with Gasteiger partial charge in [-0.15, -0.1) is 0 Å². The number of carbonyl (C=O) groups excluding carboxylic acids is 1. The van der Waals surface area contributed by atoms with Crippen molar-refractivity contribution in [1.29, 1.82) is 0 Å². The molecular formula is C13H16N4O3. The minimum Gasteiger partial charge on any atom is -0.478 e. The second-order valence-corrected chi connectivity index (χ2v) is 4.03. The van der Waals surface area contributed by atoms with Crippen molar-refractivity contribution in [3.05, 3.63) is 35.7 Å². The summed E-state index contributed by atoms with van der Waals surface area (Å²) in [6.07, 6.45) is 1.65. The maximum Gasteiger partial charge on any atom is 0.320 e. The molecule has 2 amide bonds. The third-order valence-electron chi connectivity index (χ3n) is 2.44. The number of aryl methyl sites for hydroxylation is 1. The third kappa shape index (κ3) is 3.71. The summed E-state index contributed by atoms with van der Waals surface area (Å²) in [5.41, 5.74) is 0.806. The maximum atomic E-state index is 11.7. The summed E-state index contributed by atoms with van der Waals surface area (Å²) in [6.45, 7) is 4.46. The Bertz CT molecular complexity index is 583. The molecule has 0 aliphatic carbocycles. The zero-order chi connectivity index (χ0) is 14.4. The molecule has 0 atom stereocenters. The molecule has 0 unspecified atom stereocenters. The molecule has 7 heteroatoms. The van der Waals surface area contributed by atoms with Crippen molar-refractivity contribution in [2.45, 2.75) is 20.4 Å². The highest BCUT2D eigenvalue weighted by molar-refractivity contribution is 5.88.